The van der Waals surface area contributed by atoms with Crippen molar-refractivity contribution < 1.29 is 0 Å². The minimum Gasteiger partial charge on any atom is -0.255 e. The molecule has 0 bridgehead atoms. The van der Waals surface area contributed by atoms with Crippen molar-refractivity contribution in [3.8, 4) is 11.4 Å². The van der Waals surface area contributed by atoms with E-state index in [0.29, 0.717) is 5.92 Å². The molecule has 2 aromatic rings. The number of hydrogen-bond donors (Lipinski definition) is 0. The minimum absolute atomic E-state index is 0.478. The Morgan fingerprint density at radius 2 is 2.04 bits per heavy atom. The predicted octanol–water partition coefficient (Wildman–Crippen LogP) is 5.80. The lowest BCUT2D eigenvalue weighted by molar-refractivity contribution is 0.732. The molecule has 1 atom stereocenters. The second kappa shape index (κ2) is 8.23. The van der Waals surface area contributed by atoms with Gasteiger partial charge in [-0.25, -0.2) is 4.98 Å². The first-order valence-corrected chi connectivity index (χ1v) is 8.07. The summed E-state index contributed by atoms with van der Waals surface area (Å²) in [6.45, 7) is 10.6. The Labute approximate surface area is 139 Å². The highest BCUT2D eigenvalue weighted by atomic mass is 14.8. The molecule has 118 valence electrons. The fourth-order valence-corrected chi connectivity index (χ4v) is 2.25. The second-order valence-electron chi connectivity index (χ2n) is 5.61. The molecule has 0 aromatic carbocycles. The Bertz CT molecular complexity index is 712. The van der Waals surface area contributed by atoms with Crippen LogP contribution in [0.1, 0.15) is 44.4 Å². The van der Waals surface area contributed by atoms with Gasteiger partial charge in [-0.15, -0.1) is 0 Å². The molecule has 0 saturated heterocycles. The zero-order valence-electron chi connectivity index (χ0n) is 14.2. The van der Waals surface area contributed by atoms with Gasteiger partial charge in [-0.2, -0.15) is 0 Å². The number of rotatable bonds is 6. The molecule has 0 spiro atoms. The molecule has 2 rings (SSSR count). The van der Waals surface area contributed by atoms with E-state index in [-0.39, 0.29) is 0 Å². The molecule has 0 saturated carbocycles. The highest BCUT2D eigenvalue weighted by Crippen LogP contribution is 2.26. The number of pyridine rings is 2. The SMILES string of the molecule is C=C(/C=C\C=C/C)c1cc(C(C)CC)cc(-c2ccccn2)n1. The number of hydrogen-bond acceptors (Lipinski definition) is 2. The van der Waals surface area contributed by atoms with Gasteiger partial charge in [-0.1, -0.05) is 50.8 Å². The van der Waals surface area contributed by atoms with Gasteiger partial charge in [0.25, 0.3) is 0 Å². The first kappa shape index (κ1) is 16.9. The van der Waals surface area contributed by atoms with Crippen LogP contribution in [0.2, 0.25) is 0 Å². The van der Waals surface area contributed by atoms with E-state index >= 15 is 0 Å². The highest BCUT2D eigenvalue weighted by Gasteiger charge is 2.11. The van der Waals surface area contributed by atoms with E-state index in [1.165, 1.54) is 5.56 Å². The van der Waals surface area contributed by atoms with Crippen LogP contribution in [0.5, 0.6) is 0 Å². The third kappa shape index (κ3) is 4.49. The summed E-state index contributed by atoms with van der Waals surface area (Å²) < 4.78 is 0. The molecule has 23 heavy (non-hydrogen) atoms. The maximum absolute atomic E-state index is 4.76. The molecule has 0 aliphatic carbocycles. The van der Waals surface area contributed by atoms with Crippen molar-refractivity contribution in [3.63, 3.8) is 0 Å². The highest BCUT2D eigenvalue weighted by molar-refractivity contribution is 5.72. The standard InChI is InChI=1S/C21H24N2/c1-5-7-8-11-17(4)20-14-18(16(3)6-2)15-21(23-20)19-12-9-10-13-22-19/h5,7-16H,4,6H2,1-3H3/b7-5-,11-8-. The van der Waals surface area contributed by atoms with E-state index in [9.17, 15) is 0 Å². The van der Waals surface area contributed by atoms with Crippen LogP contribution in [0, 0.1) is 0 Å². The van der Waals surface area contributed by atoms with E-state index in [2.05, 4.69) is 37.5 Å². The van der Waals surface area contributed by atoms with Crippen LogP contribution < -0.4 is 0 Å². The van der Waals surface area contributed by atoms with E-state index in [4.69, 9.17) is 4.98 Å². The summed E-state index contributed by atoms with van der Waals surface area (Å²) in [5.41, 5.74) is 4.89. The van der Waals surface area contributed by atoms with Gasteiger partial charge in [-0.3, -0.25) is 4.98 Å². The first-order valence-electron chi connectivity index (χ1n) is 8.07. The molecular formula is C21H24N2. The maximum atomic E-state index is 4.76. The molecule has 0 fully saturated rings. The Balaban J connectivity index is 2.47. The Kier molecular flexibility index (Phi) is 6.04. The molecule has 0 amide bonds. The Morgan fingerprint density at radius 1 is 1.22 bits per heavy atom. The molecule has 0 N–H and O–H groups in total. The van der Waals surface area contributed by atoms with Crippen LogP contribution in [-0.4, -0.2) is 9.97 Å². The lowest BCUT2D eigenvalue weighted by atomic mass is 9.96. The van der Waals surface area contributed by atoms with Crippen LogP contribution in [-0.2, 0) is 0 Å². The molecular weight excluding hydrogens is 280 g/mol. The summed E-state index contributed by atoms with van der Waals surface area (Å²) in [6.07, 6.45) is 10.8. The van der Waals surface area contributed by atoms with Crippen molar-refractivity contribution in [1.29, 1.82) is 0 Å². The number of nitrogens with zero attached hydrogens (tertiary/aromatic N) is 2. The van der Waals surface area contributed by atoms with Crippen molar-refractivity contribution in [2.75, 3.05) is 0 Å². The van der Waals surface area contributed by atoms with E-state index in [0.717, 1.165) is 29.1 Å². The maximum Gasteiger partial charge on any atom is 0.0896 e. The van der Waals surface area contributed by atoms with Crippen molar-refractivity contribution in [1.82, 2.24) is 9.97 Å². The van der Waals surface area contributed by atoms with Gasteiger partial charge in [0.2, 0.25) is 0 Å². The summed E-state index contributed by atoms with van der Waals surface area (Å²) >= 11 is 0. The van der Waals surface area contributed by atoms with Crippen molar-refractivity contribution in [2.45, 2.75) is 33.1 Å². The van der Waals surface area contributed by atoms with Crippen LogP contribution >= 0.6 is 0 Å². The summed E-state index contributed by atoms with van der Waals surface area (Å²) in [6, 6.07) is 10.2. The van der Waals surface area contributed by atoms with Crippen LogP contribution in [0.25, 0.3) is 17.0 Å². The first-order chi connectivity index (χ1) is 11.2. The van der Waals surface area contributed by atoms with Crippen molar-refractivity contribution in [2.24, 2.45) is 0 Å². The van der Waals surface area contributed by atoms with E-state index in [1.807, 2.05) is 49.4 Å². The summed E-state index contributed by atoms with van der Waals surface area (Å²) in [5, 5.41) is 0. The average Bonchev–Trinajstić information content (AvgIpc) is 2.61. The average molecular weight is 304 g/mol. The second-order valence-corrected chi connectivity index (χ2v) is 5.61. The van der Waals surface area contributed by atoms with Gasteiger partial charge in [0.1, 0.15) is 0 Å². The predicted molar refractivity (Wildman–Crippen MR) is 99.2 cm³/mol. The van der Waals surface area contributed by atoms with Crippen LogP contribution in [0.4, 0.5) is 0 Å². The lowest BCUT2D eigenvalue weighted by Gasteiger charge is -2.13. The van der Waals surface area contributed by atoms with Gasteiger partial charge in [0.05, 0.1) is 17.1 Å². The van der Waals surface area contributed by atoms with Crippen molar-refractivity contribution >= 4 is 5.57 Å². The molecule has 1 unspecified atom stereocenters. The zero-order chi connectivity index (χ0) is 16.7. The van der Waals surface area contributed by atoms with Gasteiger partial charge >= 0.3 is 0 Å². The summed E-state index contributed by atoms with van der Waals surface area (Å²) in [5.74, 6) is 0.478. The van der Waals surface area contributed by atoms with Gasteiger partial charge in [0, 0.05) is 6.20 Å². The number of aromatic nitrogens is 2. The Morgan fingerprint density at radius 3 is 2.70 bits per heavy atom. The fourth-order valence-electron chi connectivity index (χ4n) is 2.25. The van der Waals surface area contributed by atoms with Crippen molar-refractivity contribution in [3.05, 3.63) is 78.7 Å². The zero-order valence-corrected chi connectivity index (χ0v) is 14.2. The molecule has 0 radical (unpaired) electrons. The van der Waals surface area contributed by atoms with Gasteiger partial charge in [0.15, 0.2) is 0 Å². The normalized spacial score (nSPS) is 12.8. The molecule has 2 aromatic heterocycles. The van der Waals surface area contributed by atoms with Crippen LogP contribution in [0.15, 0.2) is 67.4 Å². The van der Waals surface area contributed by atoms with Gasteiger partial charge in [-0.05, 0) is 54.7 Å². The molecule has 2 heterocycles. The lowest BCUT2D eigenvalue weighted by Crippen LogP contribution is -1.99. The topological polar surface area (TPSA) is 25.8 Å². The summed E-state index contributed by atoms with van der Waals surface area (Å²) in [4.78, 5) is 9.19. The largest absolute Gasteiger partial charge is 0.255 e. The monoisotopic (exact) mass is 304 g/mol. The van der Waals surface area contributed by atoms with E-state index in [1.54, 1.807) is 6.20 Å². The Hall–Kier alpha value is -2.48. The molecule has 2 nitrogen and oxygen atoms in total. The van der Waals surface area contributed by atoms with Gasteiger partial charge < -0.3 is 0 Å². The third-order valence-electron chi connectivity index (χ3n) is 3.89. The smallest absolute Gasteiger partial charge is 0.0896 e. The number of allylic oxidation sites excluding steroid dienone is 5. The minimum atomic E-state index is 0.478. The third-order valence-corrected chi connectivity index (χ3v) is 3.89. The van der Waals surface area contributed by atoms with Crippen LogP contribution in [0.3, 0.4) is 0 Å². The molecule has 2 heteroatoms. The summed E-state index contributed by atoms with van der Waals surface area (Å²) in [7, 11) is 0. The fraction of sp³-hybridized carbons (Fsp3) is 0.238. The molecule has 0 aliphatic heterocycles. The quantitative estimate of drug-likeness (QED) is 0.630. The molecule has 0 aliphatic rings. The van der Waals surface area contributed by atoms with E-state index < -0.39 is 0 Å².